The number of non-ortho nitro benzene ring substituents is 1. The molecule has 0 bridgehead atoms. The predicted octanol–water partition coefficient (Wildman–Crippen LogP) is 2.23. The molecule has 20 heavy (non-hydrogen) atoms. The van der Waals surface area contributed by atoms with Crippen molar-refractivity contribution in [1.82, 2.24) is 4.90 Å². The number of hydrogen-bond donors (Lipinski definition) is 0. The zero-order valence-electron chi connectivity index (χ0n) is 11.6. The number of hydrogen-bond acceptors (Lipinski definition) is 5. The fourth-order valence-corrected chi connectivity index (χ4v) is 2.56. The molecule has 6 nitrogen and oxygen atoms in total. The molecular weight excluding hydrogens is 260 g/mol. The topological polar surface area (TPSA) is 72.7 Å². The van der Waals surface area contributed by atoms with Crippen LogP contribution >= 0.6 is 0 Å². The highest BCUT2D eigenvalue weighted by Crippen LogP contribution is 2.26. The first-order chi connectivity index (χ1) is 9.49. The van der Waals surface area contributed by atoms with E-state index < -0.39 is 10.9 Å². The van der Waals surface area contributed by atoms with Crippen molar-refractivity contribution in [1.29, 1.82) is 0 Å². The predicted molar refractivity (Wildman–Crippen MR) is 73.6 cm³/mol. The van der Waals surface area contributed by atoms with Crippen molar-refractivity contribution in [2.75, 3.05) is 14.1 Å². The van der Waals surface area contributed by atoms with E-state index in [0.717, 1.165) is 19.3 Å². The molecule has 1 aliphatic rings. The molecule has 2 atom stereocenters. The minimum absolute atomic E-state index is 0.0337. The van der Waals surface area contributed by atoms with Crippen LogP contribution in [-0.2, 0) is 4.74 Å². The fourth-order valence-electron chi connectivity index (χ4n) is 2.56. The van der Waals surface area contributed by atoms with E-state index in [1.165, 1.54) is 24.3 Å². The Morgan fingerprint density at radius 1 is 1.30 bits per heavy atom. The number of benzene rings is 1. The summed E-state index contributed by atoms with van der Waals surface area (Å²) in [6.07, 6.45) is 2.82. The molecule has 2 rings (SSSR count). The summed E-state index contributed by atoms with van der Waals surface area (Å²) < 4.78 is 5.52. The summed E-state index contributed by atoms with van der Waals surface area (Å²) in [5.41, 5.74) is 0.314. The van der Waals surface area contributed by atoms with Gasteiger partial charge in [0.25, 0.3) is 5.69 Å². The van der Waals surface area contributed by atoms with Gasteiger partial charge in [0.15, 0.2) is 0 Å². The summed E-state index contributed by atoms with van der Waals surface area (Å²) in [4.78, 5) is 24.2. The average Bonchev–Trinajstić information content (AvgIpc) is 2.87. The van der Waals surface area contributed by atoms with E-state index in [0.29, 0.717) is 5.56 Å². The van der Waals surface area contributed by atoms with Gasteiger partial charge in [-0.25, -0.2) is 4.79 Å². The van der Waals surface area contributed by atoms with Crippen LogP contribution in [0.2, 0.25) is 0 Å². The molecule has 0 amide bonds. The van der Waals surface area contributed by atoms with Crippen LogP contribution in [0.15, 0.2) is 24.3 Å². The Labute approximate surface area is 117 Å². The van der Waals surface area contributed by atoms with Crippen molar-refractivity contribution in [3.63, 3.8) is 0 Å². The molecule has 0 N–H and O–H groups in total. The van der Waals surface area contributed by atoms with Gasteiger partial charge in [-0.2, -0.15) is 0 Å². The van der Waals surface area contributed by atoms with Crippen LogP contribution in [0.4, 0.5) is 5.69 Å². The first-order valence-electron chi connectivity index (χ1n) is 6.61. The Morgan fingerprint density at radius 3 is 2.50 bits per heavy atom. The third-order valence-corrected chi connectivity index (χ3v) is 3.65. The van der Waals surface area contributed by atoms with Crippen molar-refractivity contribution in [3.8, 4) is 0 Å². The van der Waals surface area contributed by atoms with Crippen LogP contribution in [0.3, 0.4) is 0 Å². The molecule has 6 heteroatoms. The Balaban J connectivity index is 2.02. The summed E-state index contributed by atoms with van der Waals surface area (Å²) in [6.45, 7) is 0. The van der Waals surface area contributed by atoms with E-state index in [-0.39, 0.29) is 17.8 Å². The van der Waals surface area contributed by atoms with E-state index >= 15 is 0 Å². The highest BCUT2D eigenvalue weighted by molar-refractivity contribution is 5.89. The summed E-state index contributed by atoms with van der Waals surface area (Å²) >= 11 is 0. The average molecular weight is 278 g/mol. The number of nitro benzene ring substituents is 1. The molecular formula is C14H18N2O4. The second-order valence-electron chi connectivity index (χ2n) is 5.21. The molecule has 0 saturated heterocycles. The number of nitrogens with zero attached hydrogens (tertiary/aromatic N) is 2. The Morgan fingerprint density at radius 2 is 1.95 bits per heavy atom. The largest absolute Gasteiger partial charge is 0.457 e. The third kappa shape index (κ3) is 3.14. The van der Waals surface area contributed by atoms with Gasteiger partial charge in [0, 0.05) is 18.2 Å². The van der Waals surface area contributed by atoms with Gasteiger partial charge in [0.05, 0.1) is 10.5 Å². The molecule has 1 fully saturated rings. The minimum atomic E-state index is -0.492. The van der Waals surface area contributed by atoms with Gasteiger partial charge in [-0.1, -0.05) is 0 Å². The first-order valence-corrected chi connectivity index (χ1v) is 6.61. The number of likely N-dealkylation sites (N-methyl/N-ethyl adjacent to an activating group) is 1. The normalized spacial score (nSPS) is 21.9. The third-order valence-electron chi connectivity index (χ3n) is 3.65. The summed E-state index contributed by atoms with van der Waals surface area (Å²) in [7, 11) is 3.95. The molecule has 1 saturated carbocycles. The molecule has 1 aliphatic carbocycles. The quantitative estimate of drug-likeness (QED) is 0.480. The van der Waals surface area contributed by atoms with Gasteiger partial charge in [0.1, 0.15) is 6.10 Å². The van der Waals surface area contributed by atoms with E-state index in [1.54, 1.807) is 0 Å². The SMILES string of the molecule is CN(C)[C@H]1CCC[C@H]1OC(=O)c1ccc([N+](=O)[O-])cc1. The monoisotopic (exact) mass is 278 g/mol. The summed E-state index contributed by atoms with van der Waals surface area (Å²) in [5.74, 6) is -0.418. The molecule has 0 radical (unpaired) electrons. The van der Waals surface area contributed by atoms with Crippen molar-refractivity contribution in [2.24, 2.45) is 0 Å². The Kier molecular flexibility index (Phi) is 4.34. The van der Waals surface area contributed by atoms with Crippen LogP contribution in [0.25, 0.3) is 0 Å². The van der Waals surface area contributed by atoms with Gasteiger partial charge in [-0.05, 0) is 45.5 Å². The lowest BCUT2D eigenvalue weighted by Gasteiger charge is -2.25. The molecule has 1 aromatic rings. The number of esters is 1. The lowest BCUT2D eigenvalue weighted by Crippen LogP contribution is -2.37. The van der Waals surface area contributed by atoms with E-state index in [1.807, 2.05) is 14.1 Å². The zero-order valence-corrected chi connectivity index (χ0v) is 11.6. The lowest BCUT2D eigenvalue weighted by atomic mass is 10.2. The molecule has 108 valence electrons. The van der Waals surface area contributed by atoms with Crippen LogP contribution in [0.1, 0.15) is 29.6 Å². The standard InChI is InChI=1S/C14H18N2O4/c1-15(2)12-4-3-5-13(12)20-14(17)10-6-8-11(9-7-10)16(18)19/h6-9,12-13H,3-5H2,1-2H3/t12-,13+/m0/s1. The highest BCUT2D eigenvalue weighted by Gasteiger charge is 2.32. The second kappa shape index (κ2) is 6.00. The van der Waals surface area contributed by atoms with E-state index in [9.17, 15) is 14.9 Å². The molecule has 0 heterocycles. The Bertz CT molecular complexity index is 498. The van der Waals surface area contributed by atoms with Gasteiger partial charge >= 0.3 is 5.97 Å². The maximum Gasteiger partial charge on any atom is 0.338 e. The molecule has 1 aromatic carbocycles. The number of nitro groups is 1. The molecule has 0 unspecified atom stereocenters. The first kappa shape index (κ1) is 14.5. The van der Waals surface area contributed by atoms with E-state index in [2.05, 4.69) is 4.90 Å². The zero-order chi connectivity index (χ0) is 14.7. The van der Waals surface area contributed by atoms with Crippen molar-refractivity contribution in [3.05, 3.63) is 39.9 Å². The van der Waals surface area contributed by atoms with E-state index in [4.69, 9.17) is 4.74 Å². The Hall–Kier alpha value is -1.95. The van der Waals surface area contributed by atoms with Crippen LogP contribution < -0.4 is 0 Å². The molecule has 0 aliphatic heterocycles. The molecule has 0 spiro atoms. The van der Waals surface area contributed by atoms with Gasteiger partial charge in [-0.15, -0.1) is 0 Å². The number of ether oxygens (including phenoxy) is 1. The summed E-state index contributed by atoms with van der Waals surface area (Å²) in [6, 6.07) is 5.74. The number of carbonyl (C=O) groups is 1. The van der Waals surface area contributed by atoms with Crippen LogP contribution in [-0.4, -0.2) is 42.0 Å². The fraction of sp³-hybridized carbons (Fsp3) is 0.500. The van der Waals surface area contributed by atoms with Gasteiger partial charge in [-0.3, -0.25) is 10.1 Å². The van der Waals surface area contributed by atoms with Crippen molar-refractivity contribution >= 4 is 11.7 Å². The number of rotatable bonds is 4. The summed E-state index contributed by atoms with van der Waals surface area (Å²) in [5, 5.41) is 10.6. The van der Waals surface area contributed by atoms with Crippen LogP contribution in [0.5, 0.6) is 0 Å². The smallest absolute Gasteiger partial charge is 0.338 e. The van der Waals surface area contributed by atoms with Crippen molar-refractivity contribution in [2.45, 2.75) is 31.4 Å². The van der Waals surface area contributed by atoms with Crippen LogP contribution in [0, 0.1) is 10.1 Å². The molecule has 0 aromatic heterocycles. The maximum absolute atomic E-state index is 12.0. The highest BCUT2D eigenvalue weighted by atomic mass is 16.6. The van der Waals surface area contributed by atoms with Crippen molar-refractivity contribution < 1.29 is 14.5 Å². The second-order valence-corrected chi connectivity index (χ2v) is 5.21. The maximum atomic E-state index is 12.0. The number of carbonyl (C=O) groups excluding carboxylic acids is 1. The lowest BCUT2D eigenvalue weighted by molar-refractivity contribution is -0.384. The van der Waals surface area contributed by atoms with Gasteiger partial charge < -0.3 is 9.64 Å². The van der Waals surface area contributed by atoms with Gasteiger partial charge in [0.2, 0.25) is 0 Å². The minimum Gasteiger partial charge on any atom is -0.457 e.